The maximum absolute atomic E-state index is 11.3. The van der Waals surface area contributed by atoms with E-state index in [-0.39, 0.29) is 11.4 Å². The SMILES string of the molecule is C[C@@H](N)C(=O)NC(C)(C)C1CC1. The minimum absolute atomic E-state index is 0.0492. The highest BCUT2D eigenvalue weighted by atomic mass is 16.2. The van der Waals surface area contributed by atoms with Gasteiger partial charge in [0, 0.05) is 5.54 Å². The molecule has 1 amide bonds. The molecule has 1 aliphatic rings. The van der Waals surface area contributed by atoms with E-state index in [2.05, 4.69) is 19.2 Å². The number of nitrogens with two attached hydrogens (primary N) is 1. The Morgan fingerprint density at radius 3 is 2.42 bits per heavy atom. The summed E-state index contributed by atoms with van der Waals surface area (Å²) >= 11 is 0. The molecule has 70 valence electrons. The van der Waals surface area contributed by atoms with E-state index in [9.17, 15) is 4.79 Å². The van der Waals surface area contributed by atoms with Crippen LogP contribution in [0.3, 0.4) is 0 Å². The van der Waals surface area contributed by atoms with Gasteiger partial charge >= 0.3 is 0 Å². The third kappa shape index (κ3) is 2.21. The largest absolute Gasteiger partial charge is 0.350 e. The van der Waals surface area contributed by atoms with E-state index >= 15 is 0 Å². The molecular formula is C9H18N2O. The number of amides is 1. The van der Waals surface area contributed by atoms with Crippen LogP contribution in [0.1, 0.15) is 33.6 Å². The van der Waals surface area contributed by atoms with Gasteiger partial charge < -0.3 is 11.1 Å². The van der Waals surface area contributed by atoms with Crippen LogP contribution in [0.4, 0.5) is 0 Å². The van der Waals surface area contributed by atoms with Crippen LogP contribution in [0.25, 0.3) is 0 Å². The second-order valence-electron chi connectivity index (χ2n) is 4.27. The third-order valence-electron chi connectivity index (χ3n) is 2.46. The van der Waals surface area contributed by atoms with Crippen LogP contribution in [0.15, 0.2) is 0 Å². The molecule has 1 saturated carbocycles. The van der Waals surface area contributed by atoms with E-state index in [1.807, 2.05) is 0 Å². The predicted molar refractivity (Wildman–Crippen MR) is 48.6 cm³/mol. The number of hydrogen-bond acceptors (Lipinski definition) is 2. The van der Waals surface area contributed by atoms with Crippen LogP contribution in [0.2, 0.25) is 0 Å². The van der Waals surface area contributed by atoms with Crippen LogP contribution in [0.5, 0.6) is 0 Å². The standard InChI is InChI=1S/C9H18N2O/c1-6(10)8(12)11-9(2,3)7-4-5-7/h6-7H,4-5,10H2,1-3H3,(H,11,12)/t6-/m1/s1. The van der Waals surface area contributed by atoms with Crippen LogP contribution in [0, 0.1) is 5.92 Å². The van der Waals surface area contributed by atoms with Gasteiger partial charge in [-0.25, -0.2) is 0 Å². The second kappa shape index (κ2) is 3.05. The van der Waals surface area contributed by atoms with E-state index in [1.54, 1.807) is 6.92 Å². The molecule has 0 saturated heterocycles. The second-order valence-corrected chi connectivity index (χ2v) is 4.27. The van der Waals surface area contributed by atoms with Gasteiger partial charge in [-0.15, -0.1) is 0 Å². The molecule has 0 unspecified atom stereocenters. The average molecular weight is 170 g/mol. The molecule has 0 bridgehead atoms. The summed E-state index contributed by atoms with van der Waals surface area (Å²) in [7, 11) is 0. The fourth-order valence-corrected chi connectivity index (χ4v) is 1.34. The molecule has 0 aromatic rings. The molecule has 12 heavy (non-hydrogen) atoms. The highest BCUT2D eigenvalue weighted by molar-refractivity contribution is 5.81. The van der Waals surface area contributed by atoms with Gasteiger partial charge in [0.2, 0.25) is 5.91 Å². The Kier molecular flexibility index (Phi) is 2.42. The first-order valence-corrected chi connectivity index (χ1v) is 4.51. The summed E-state index contributed by atoms with van der Waals surface area (Å²) in [5.74, 6) is 0.604. The van der Waals surface area contributed by atoms with Crippen molar-refractivity contribution in [1.82, 2.24) is 5.32 Å². The molecule has 3 nitrogen and oxygen atoms in total. The van der Waals surface area contributed by atoms with E-state index < -0.39 is 6.04 Å². The molecule has 1 atom stereocenters. The monoisotopic (exact) mass is 170 g/mol. The van der Waals surface area contributed by atoms with Gasteiger partial charge in [0.15, 0.2) is 0 Å². The number of nitrogens with one attached hydrogen (secondary N) is 1. The fourth-order valence-electron chi connectivity index (χ4n) is 1.34. The topological polar surface area (TPSA) is 55.1 Å². The Morgan fingerprint density at radius 1 is 1.58 bits per heavy atom. The Morgan fingerprint density at radius 2 is 2.08 bits per heavy atom. The van der Waals surface area contributed by atoms with Crippen molar-refractivity contribution >= 4 is 5.91 Å². The zero-order valence-electron chi connectivity index (χ0n) is 8.05. The molecule has 1 rings (SSSR count). The van der Waals surface area contributed by atoms with Crippen molar-refractivity contribution in [3.8, 4) is 0 Å². The lowest BCUT2D eigenvalue weighted by Gasteiger charge is -2.27. The molecule has 3 heteroatoms. The van der Waals surface area contributed by atoms with Gasteiger partial charge in [0.25, 0.3) is 0 Å². The molecule has 1 aliphatic carbocycles. The summed E-state index contributed by atoms with van der Waals surface area (Å²) < 4.78 is 0. The van der Waals surface area contributed by atoms with Crippen molar-refractivity contribution in [3.63, 3.8) is 0 Å². The maximum Gasteiger partial charge on any atom is 0.237 e. The molecule has 0 aromatic heterocycles. The Hall–Kier alpha value is -0.570. The molecule has 0 aromatic carbocycles. The summed E-state index contributed by atoms with van der Waals surface area (Å²) in [4.78, 5) is 11.3. The minimum atomic E-state index is -0.400. The van der Waals surface area contributed by atoms with E-state index in [0.29, 0.717) is 5.92 Å². The van der Waals surface area contributed by atoms with E-state index in [4.69, 9.17) is 5.73 Å². The Bertz CT molecular complexity index is 183. The number of carbonyl (C=O) groups is 1. The van der Waals surface area contributed by atoms with Gasteiger partial charge in [0.1, 0.15) is 0 Å². The molecule has 3 N–H and O–H groups in total. The molecule has 0 radical (unpaired) electrons. The van der Waals surface area contributed by atoms with E-state index in [0.717, 1.165) is 0 Å². The lowest BCUT2D eigenvalue weighted by molar-refractivity contribution is -0.123. The molecule has 0 heterocycles. The minimum Gasteiger partial charge on any atom is -0.350 e. The smallest absolute Gasteiger partial charge is 0.237 e. The first-order valence-electron chi connectivity index (χ1n) is 4.51. The van der Waals surface area contributed by atoms with Crippen LogP contribution < -0.4 is 11.1 Å². The zero-order valence-corrected chi connectivity index (χ0v) is 8.05. The normalized spacial score (nSPS) is 20.3. The van der Waals surface area contributed by atoms with Gasteiger partial charge in [-0.05, 0) is 39.5 Å². The summed E-state index contributed by atoms with van der Waals surface area (Å²) in [5.41, 5.74) is 5.39. The Balaban J connectivity index is 2.43. The van der Waals surface area contributed by atoms with Crippen LogP contribution >= 0.6 is 0 Å². The molecule has 1 fully saturated rings. The average Bonchev–Trinajstić information content (AvgIpc) is 2.65. The quantitative estimate of drug-likeness (QED) is 0.653. The van der Waals surface area contributed by atoms with Crippen molar-refractivity contribution < 1.29 is 4.79 Å². The molecule has 0 aliphatic heterocycles. The van der Waals surface area contributed by atoms with Gasteiger partial charge in [-0.1, -0.05) is 0 Å². The summed E-state index contributed by atoms with van der Waals surface area (Å²) in [5, 5.41) is 2.95. The lowest BCUT2D eigenvalue weighted by atomic mass is 9.98. The van der Waals surface area contributed by atoms with Gasteiger partial charge in [-0.3, -0.25) is 4.79 Å². The van der Waals surface area contributed by atoms with Crippen LogP contribution in [-0.2, 0) is 4.79 Å². The fraction of sp³-hybridized carbons (Fsp3) is 0.889. The Labute approximate surface area is 73.7 Å². The van der Waals surface area contributed by atoms with Gasteiger partial charge in [0.05, 0.1) is 6.04 Å². The molecule has 0 spiro atoms. The van der Waals surface area contributed by atoms with Crippen molar-refractivity contribution in [2.75, 3.05) is 0 Å². The zero-order chi connectivity index (χ0) is 9.35. The number of hydrogen-bond donors (Lipinski definition) is 2. The third-order valence-corrected chi connectivity index (χ3v) is 2.46. The highest BCUT2D eigenvalue weighted by Crippen LogP contribution is 2.39. The first kappa shape index (κ1) is 9.52. The van der Waals surface area contributed by atoms with Crippen molar-refractivity contribution in [3.05, 3.63) is 0 Å². The lowest BCUT2D eigenvalue weighted by Crippen LogP contribution is -2.50. The highest BCUT2D eigenvalue weighted by Gasteiger charge is 2.38. The van der Waals surface area contributed by atoms with Crippen molar-refractivity contribution in [2.45, 2.75) is 45.2 Å². The molecular weight excluding hydrogens is 152 g/mol. The summed E-state index contributed by atoms with van der Waals surface area (Å²) in [6.45, 7) is 5.83. The summed E-state index contributed by atoms with van der Waals surface area (Å²) in [6, 6.07) is -0.400. The van der Waals surface area contributed by atoms with E-state index in [1.165, 1.54) is 12.8 Å². The van der Waals surface area contributed by atoms with Crippen molar-refractivity contribution in [1.29, 1.82) is 0 Å². The summed E-state index contributed by atoms with van der Waals surface area (Å²) in [6.07, 6.45) is 2.46. The predicted octanol–water partition coefficient (Wildman–Crippen LogP) is 0.638. The number of rotatable bonds is 3. The number of carbonyl (C=O) groups excluding carboxylic acids is 1. The van der Waals surface area contributed by atoms with Crippen LogP contribution in [-0.4, -0.2) is 17.5 Å². The first-order chi connectivity index (χ1) is 5.43. The maximum atomic E-state index is 11.3. The van der Waals surface area contributed by atoms with Gasteiger partial charge in [-0.2, -0.15) is 0 Å². The van der Waals surface area contributed by atoms with Crippen molar-refractivity contribution in [2.24, 2.45) is 11.7 Å².